The van der Waals surface area contributed by atoms with Crippen molar-refractivity contribution in [1.29, 1.82) is 0 Å². The molecule has 9 heteroatoms. The van der Waals surface area contributed by atoms with E-state index in [2.05, 4.69) is 9.97 Å². The zero-order valence-electron chi connectivity index (χ0n) is 16.8. The molecule has 2 aliphatic rings. The smallest absolute Gasteiger partial charge is 0.350 e. The minimum atomic E-state index is -4.50. The number of alkyl halides is 3. The zero-order chi connectivity index (χ0) is 21.6. The van der Waals surface area contributed by atoms with Crippen LogP contribution in [0, 0.1) is 0 Å². The van der Waals surface area contributed by atoms with Crippen molar-refractivity contribution < 1.29 is 18.0 Å². The molecule has 162 valence electrons. The van der Waals surface area contributed by atoms with Crippen LogP contribution in [0.5, 0.6) is 0 Å². The molecule has 6 nitrogen and oxygen atoms in total. The quantitative estimate of drug-likeness (QED) is 0.629. The zero-order valence-corrected chi connectivity index (χ0v) is 16.8. The van der Waals surface area contributed by atoms with Gasteiger partial charge in [0.1, 0.15) is 17.8 Å². The van der Waals surface area contributed by atoms with Crippen LogP contribution < -0.4 is 4.90 Å². The number of piperidine rings is 1. The molecule has 31 heavy (non-hydrogen) atoms. The Morgan fingerprint density at radius 1 is 1.03 bits per heavy atom. The predicted molar refractivity (Wildman–Crippen MR) is 109 cm³/mol. The molecule has 0 N–H and O–H groups in total. The number of anilines is 1. The number of likely N-dealkylation sites (tertiary alicyclic amines) is 1. The van der Waals surface area contributed by atoms with Crippen LogP contribution in [0.1, 0.15) is 41.7 Å². The molecule has 4 heterocycles. The highest BCUT2D eigenvalue weighted by molar-refractivity contribution is 5.95. The van der Waals surface area contributed by atoms with Crippen molar-refractivity contribution in [1.82, 2.24) is 19.3 Å². The van der Waals surface area contributed by atoms with Crippen LogP contribution >= 0.6 is 0 Å². The average Bonchev–Trinajstić information content (AvgIpc) is 3.50. The first-order valence-electron chi connectivity index (χ1n) is 10.4. The van der Waals surface area contributed by atoms with E-state index in [0.29, 0.717) is 37.3 Å². The third-order valence-electron chi connectivity index (χ3n) is 6.04. The summed E-state index contributed by atoms with van der Waals surface area (Å²) in [7, 11) is 0. The Balaban J connectivity index is 1.30. The van der Waals surface area contributed by atoms with Crippen molar-refractivity contribution in [2.24, 2.45) is 0 Å². The maximum absolute atomic E-state index is 13.1. The van der Waals surface area contributed by atoms with Crippen LogP contribution in [0.25, 0.3) is 5.52 Å². The maximum atomic E-state index is 13.1. The first-order valence-corrected chi connectivity index (χ1v) is 10.4. The van der Waals surface area contributed by atoms with Gasteiger partial charge in [0.05, 0.1) is 5.56 Å². The molecule has 0 radical (unpaired) electrons. The number of rotatable bonds is 4. The molecule has 0 aromatic carbocycles. The summed E-state index contributed by atoms with van der Waals surface area (Å²) in [5.74, 6) is 0.315. The first kappa shape index (κ1) is 19.8. The Morgan fingerprint density at radius 2 is 1.77 bits per heavy atom. The minimum Gasteiger partial charge on any atom is -0.350 e. The Kier molecular flexibility index (Phi) is 4.83. The number of fused-ring (bicyclic) bond motifs is 1. The Hall–Kier alpha value is -3.10. The fourth-order valence-electron chi connectivity index (χ4n) is 4.37. The molecule has 3 aromatic rings. The van der Waals surface area contributed by atoms with Gasteiger partial charge in [0, 0.05) is 49.1 Å². The van der Waals surface area contributed by atoms with Gasteiger partial charge < -0.3 is 14.2 Å². The van der Waals surface area contributed by atoms with Gasteiger partial charge in [-0.1, -0.05) is 6.07 Å². The largest absolute Gasteiger partial charge is 0.433 e. The van der Waals surface area contributed by atoms with Gasteiger partial charge in [-0.05, 0) is 43.9 Å². The molecule has 1 aliphatic carbocycles. The lowest BCUT2D eigenvalue weighted by atomic mass is 10.0. The van der Waals surface area contributed by atoms with Crippen LogP contribution in [0.3, 0.4) is 0 Å². The van der Waals surface area contributed by atoms with Gasteiger partial charge in [-0.25, -0.2) is 9.97 Å². The second-order valence-corrected chi connectivity index (χ2v) is 8.18. The van der Waals surface area contributed by atoms with E-state index in [0.717, 1.165) is 30.8 Å². The second kappa shape index (κ2) is 7.55. The highest BCUT2D eigenvalue weighted by atomic mass is 19.4. The lowest BCUT2D eigenvalue weighted by molar-refractivity contribution is -0.141. The number of carbonyl (C=O) groups excluding carboxylic acids is 1. The molecule has 1 saturated heterocycles. The van der Waals surface area contributed by atoms with Gasteiger partial charge in [0.2, 0.25) is 0 Å². The third-order valence-corrected chi connectivity index (χ3v) is 6.04. The molecule has 3 aromatic heterocycles. The van der Waals surface area contributed by atoms with Crippen LogP contribution in [0.2, 0.25) is 0 Å². The highest BCUT2D eigenvalue weighted by Gasteiger charge is 2.39. The lowest BCUT2D eigenvalue weighted by Gasteiger charge is -2.39. The molecule has 0 unspecified atom stereocenters. The number of amides is 1. The third kappa shape index (κ3) is 3.96. The van der Waals surface area contributed by atoms with E-state index in [9.17, 15) is 18.0 Å². The first-order chi connectivity index (χ1) is 14.9. The number of halogens is 3. The predicted octanol–water partition coefficient (Wildman–Crippen LogP) is 4.02. The molecular formula is C22H22F3N5O. The number of nitrogens with zero attached hydrogens (tertiary/aromatic N) is 5. The minimum absolute atomic E-state index is 0.0125. The van der Waals surface area contributed by atoms with E-state index < -0.39 is 11.9 Å². The van der Waals surface area contributed by atoms with Gasteiger partial charge >= 0.3 is 6.18 Å². The summed E-state index contributed by atoms with van der Waals surface area (Å²) < 4.78 is 41.3. The molecule has 1 saturated carbocycles. The molecule has 0 spiro atoms. The maximum Gasteiger partial charge on any atom is 0.433 e. The van der Waals surface area contributed by atoms with Gasteiger partial charge in [-0.15, -0.1) is 0 Å². The highest BCUT2D eigenvalue weighted by Crippen LogP contribution is 2.37. The Morgan fingerprint density at radius 3 is 2.45 bits per heavy atom. The second-order valence-electron chi connectivity index (χ2n) is 8.18. The van der Waals surface area contributed by atoms with E-state index in [-0.39, 0.29) is 18.0 Å². The lowest BCUT2D eigenvalue weighted by Crippen LogP contribution is -2.48. The van der Waals surface area contributed by atoms with Gasteiger partial charge in [-0.2, -0.15) is 13.2 Å². The van der Waals surface area contributed by atoms with Crippen molar-refractivity contribution in [2.45, 2.75) is 43.9 Å². The Bertz CT molecular complexity index is 1070. The Labute approximate surface area is 177 Å². The summed E-state index contributed by atoms with van der Waals surface area (Å²) in [5.41, 5.74) is 0.690. The van der Waals surface area contributed by atoms with E-state index in [1.807, 2.05) is 50.9 Å². The number of pyridine rings is 1. The van der Waals surface area contributed by atoms with Crippen molar-refractivity contribution in [3.63, 3.8) is 0 Å². The van der Waals surface area contributed by atoms with Crippen LogP contribution in [-0.2, 0) is 6.18 Å². The fraction of sp³-hybridized carbons (Fsp3) is 0.409. The van der Waals surface area contributed by atoms with E-state index in [1.54, 1.807) is 0 Å². The van der Waals surface area contributed by atoms with Gasteiger partial charge in [-0.3, -0.25) is 4.79 Å². The van der Waals surface area contributed by atoms with E-state index in [1.165, 1.54) is 0 Å². The molecule has 0 atom stereocenters. The van der Waals surface area contributed by atoms with Crippen LogP contribution in [0.15, 0.2) is 49.1 Å². The molecule has 0 bridgehead atoms. The molecule has 2 fully saturated rings. The number of carbonyl (C=O) groups is 1. The summed E-state index contributed by atoms with van der Waals surface area (Å²) in [6, 6.07) is 8.98. The summed E-state index contributed by atoms with van der Waals surface area (Å²) in [5, 5.41) is 0. The monoisotopic (exact) mass is 429 g/mol. The molecular weight excluding hydrogens is 407 g/mol. The number of hydrogen-bond acceptors (Lipinski definition) is 4. The topological polar surface area (TPSA) is 53.7 Å². The van der Waals surface area contributed by atoms with Crippen molar-refractivity contribution in [3.8, 4) is 0 Å². The van der Waals surface area contributed by atoms with Crippen LogP contribution in [-0.4, -0.2) is 50.3 Å². The van der Waals surface area contributed by atoms with E-state index in [4.69, 9.17) is 0 Å². The normalized spacial score (nSPS) is 17.8. The molecule has 1 aliphatic heterocycles. The van der Waals surface area contributed by atoms with Crippen molar-refractivity contribution in [3.05, 3.63) is 60.3 Å². The number of hydrogen-bond donors (Lipinski definition) is 0. The molecule has 1 amide bonds. The summed E-state index contributed by atoms with van der Waals surface area (Å²) >= 11 is 0. The standard InChI is InChI=1S/C22H22F3N5O/c23-22(24,25)19-12-20(27-14-26-19)30(16-4-5-16)17-6-9-28(10-7-17)21(31)15-11-18-3-1-2-8-29(18)13-15/h1-3,8,11-14,16-17H,4-7,9-10H2. The molecule has 5 rings (SSSR count). The van der Waals surface area contributed by atoms with Crippen LogP contribution in [0.4, 0.5) is 19.0 Å². The fourth-order valence-corrected chi connectivity index (χ4v) is 4.37. The van der Waals surface area contributed by atoms with E-state index >= 15 is 0 Å². The van der Waals surface area contributed by atoms with Crippen molar-refractivity contribution in [2.75, 3.05) is 18.0 Å². The van der Waals surface area contributed by atoms with Gasteiger partial charge in [0.15, 0.2) is 0 Å². The summed E-state index contributed by atoms with van der Waals surface area (Å²) in [4.78, 5) is 24.4. The summed E-state index contributed by atoms with van der Waals surface area (Å²) in [6.45, 7) is 1.13. The summed E-state index contributed by atoms with van der Waals surface area (Å²) in [6.07, 6.45) is 3.52. The number of aromatic nitrogens is 3. The average molecular weight is 429 g/mol. The SMILES string of the molecule is O=C(c1cc2ccccn2c1)N1CCC(N(c2cc(C(F)(F)F)ncn2)C2CC2)CC1. The van der Waals surface area contributed by atoms with Crippen molar-refractivity contribution >= 4 is 17.2 Å². The van der Waals surface area contributed by atoms with Gasteiger partial charge in [0.25, 0.3) is 5.91 Å².